The molecule has 5 heteroatoms. The van der Waals surface area contributed by atoms with E-state index in [0.29, 0.717) is 6.04 Å². The van der Waals surface area contributed by atoms with E-state index in [0.717, 1.165) is 34.9 Å². The van der Waals surface area contributed by atoms with Crippen molar-refractivity contribution >= 4 is 38.9 Å². The molecule has 0 bridgehead atoms. The van der Waals surface area contributed by atoms with Gasteiger partial charge in [-0.1, -0.05) is 11.6 Å². The van der Waals surface area contributed by atoms with Crippen LogP contribution in [0.1, 0.15) is 17.7 Å². The average molecular weight is 310 g/mol. The molecule has 2 heterocycles. The molecule has 1 unspecified atom stereocenters. The summed E-state index contributed by atoms with van der Waals surface area (Å²) in [5.41, 5.74) is 5.94. The normalized spacial score (nSPS) is 23.3. The van der Waals surface area contributed by atoms with Gasteiger partial charge in [-0.3, -0.25) is 4.90 Å². The number of likely N-dealkylation sites (tertiary alicyclic amines) is 1. The molecule has 2 nitrogen and oxygen atoms in total. The van der Waals surface area contributed by atoms with Gasteiger partial charge in [0.25, 0.3) is 0 Å². The average Bonchev–Trinajstić information content (AvgIpc) is 2.45. The SMILES string of the molecule is NC1CCCN(Cc2cc(Br)c(Cl)s2)C1. The van der Waals surface area contributed by atoms with Crippen LogP contribution in [0.4, 0.5) is 0 Å². The molecule has 1 saturated heterocycles. The van der Waals surface area contributed by atoms with E-state index in [1.54, 1.807) is 11.3 Å². The summed E-state index contributed by atoms with van der Waals surface area (Å²) in [6.45, 7) is 3.14. The topological polar surface area (TPSA) is 29.3 Å². The summed E-state index contributed by atoms with van der Waals surface area (Å²) in [7, 11) is 0. The zero-order chi connectivity index (χ0) is 10.8. The Balaban J connectivity index is 1.96. The van der Waals surface area contributed by atoms with Crippen molar-refractivity contribution in [3.63, 3.8) is 0 Å². The van der Waals surface area contributed by atoms with Crippen molar-refractivity contribution < 1.29 is 0 Å². The van der Waals surface area contributed by atoms with Crippen LogP contribution in [0.15, 0.2) is 10.5 Å². The van der Waals surface area contributed by atoms with E-state index in [1.807, 2.05) is 0 Å². The summed E-state index contributed by atoms with van der Waals surface area (Å²) >= 11 is 11.1. The van der Waals surface area contributed by atoms with Crippen LogP contribution >= 0.6 is 38.9 Å². The van der Waals surface area contributed by atoms with Crippen LogP contribution in [0.2, 0.25) is 4.34 Å². The van der Waals surface area contributed by atoms with Gasteiger partial charge in [-0.2, -0.15) is 0 Å². The minimum Gasteiger partial charge on any atom is -0.327 e. The summed E-state index contributed by atoms with van der Waals surface area (Å²) in [5, 5.41) is 0. The molecule has 0 radical (unpaired) electrons. The maximum absolute atomic E-state index is 6.00. The number of hydrogen-bond donors (Lipinski definition) is 1. The summed E-state index contributed by atoms with van der Waals surface area (Å²) in [4.78, 5) is 3.71. The van der Waals surface area contributed by atoms with Crippen LogP contribution in [0, 0.1) is 0 Å². The van der Waals surface area contributed by atoms with Crippen LogP contribution in [-0.2, 0) is 6.54 Å². The van der Waals surface area contributed by atoms with Crippen LogP contribution < -0.4 is 5.73 Å². The molecule has 1 aliphatic heterocycles. The predicted octanol–water partition coefficient (Wildman–Crippen LogP) is 3.09. The van der Waals surface area contributed by atoms with Crippen molar-refractivity contribution in [2.75, 3.05) is 13.1 Å². The number of rotatable bonds is 2. The lowest BCUT2D eigenvalue weighted by atomic mass is 10.1. The number of nitrogens with two attached hydrogens (primary N) is 1. The van der Waals surface area contributed by atoms with E-state index in [1.165, 1.54) is 11.3 Å². The summed E-state index contributed by atoms with van der Waals surface area (Å²) in [5.74, 6) is 0. The molecule has 1 aromatic heterocycles. The van der Waals surface area contributed by atoms with Gasteiger partial charge in [0.2, 0.25) is 0 Å². The monoisotopic (exact) mass is 308 g/mol. The lowest BCUT2D eigenvalue weighted by Gasteiger charge is -2.30. The molecule has 15 heavy (non-hydrogen) atoms. The molecular formula is C10H14BrClN2S. The minimum absolute atomic E-state index is 0.345. The fourth-order valence-electron chi connectivity index (χ4n) is 1.92. The summed E-state index contributed by atoms with van der Waals surface area (Å²) in [6.07, 6.45) is 2.37. The molecule has 1 fully saturated rings. The molecule has 1 aliphatic rings. The Hall–Kier alpha value is 0.390. The maximum Gasteiger partial charge on any atom is 0.107 e. The van der Waals surface area contributed by atoms with Crippen LogP contribution in [-0.4, -0.2) is 24.0 Å². The Morgan fingerprint density at radius 2 is 2.47 bits per heavy atom. The smallest absolute Gasteiger partial charge is 0.107 e. The highest BCUT2D eigenvalue weighted by atomic mass is 79.9. The molecule has 1 aromatic rings. The summed E-state index contributed by atoms with van der Waals surface area (Å²) in [6, 6.07) is 2.45. The first-order valence-electron chi connectivity index (χ1n) is 5.07. The van der Waals surface area contributed by atoms with Gasteiger partial charge < -0.3 is 5.73 Å². The van der Waals surface area contributed by atoms with Crippen LogP contribution in [0.25, 0.3) is 0 Å². The van der Waals surface area contributed by atoms with Gasteiger partial charge in [-0.15, -0.1) is 11.3 Å². The zero-order valence-electron chi connectivity index (χ0n) is 8.38. The van der Waals surface area contributed by atoms with Crippen LogP contribution in [0.5, 0.6) is 0 Å². The Labute approximate surface area is 108 Å². The second kappa shape index (κ2) is 5.15. The second-order valence-electron chi connectivity index (χ2n) is 3.97. The third-order valence-corrected chi connectivity index (χ3v) is 5.08. The predicted molar refractivity (Wildman–Crippen MR) is 69.5 cm³/mol. The molecule has 0 amide bonds. The van der Waals surface area contributed by atoms with Crippen molar-refractivity contribution in [2.45, 2.75) is 25.4 Å². The van der Waals surface area contributed by atoms with E-state index in [-0.39, 0.29) is 0 Å². The molecule has 0 aromatic carbocycles. The van der Waals surface area contributed by atoms with E-state index < -0.39 is 0 Å². The first-order valence-corrected chi connectivity index (χ1v) is 7.05. The van der Waals surface area contributed by atoms with Crippen molar-refractivity contribution in [2.24, 2.45) is 5.73 Å². The van der Waals surface area contributed by atoms with Crippen molar-refractivity contribution in [3.05, 3.63) is 19.8 Å². The number of halogens is 2. The van der Waals surface area contributed by atoms with E-state index in [4.69, 9.17) is 17.3 Å². The van der Waals surface area contributed by atoms with E-state index >= 15 is 0 Å². The molecular weight excluding hydrogens is 296 g/mol. The lowest BCUT2D eigenvalue weighted by Crippen LogP contribution is -2.42. The fraction of sp³-hybridized carbons (Fsp3) is 0.600. The fourth-order valence-corrected chi connectivity index (χ4v) is 3.76. The molecule has 0 aliphatic carbocycles. The maximum atomic E-state index is 6.00. The molecule has 0 spiro atoms. The van der Waals surface area contributed by atoms with Gasteiger partial charge >= 0.3 is 0 Å². The van der Waals surface area contributed by atoms with Crippen LogP contribution in [0.3, 0.4) is 0 Å². The third kappa shape index (κ3) is 3.17. The van der Waals surface area contributed by atoms with Gasteiger partial charge in [0, 0.05) is 28.5 Å². The summed E-state index contributed by atoms with van der Waals surface area (Å²) < 4.78 is 1.84. The number of piperidine rings is 1. The minimum atomic E-state index is 0.345. The van der Waals surface area contributed by atoms with E-state index in [2.05, 4.69) is 26.9 Å². The Morgan fingerprint density at radius 3 is 3.07 bits per heavy atom. The van der Waals surface area contributed by atoms with Gasteiger partial charge in [-0.25, -0.2) is 0 Å². The molecule has 84 valence electrons. The highest BCUT2D eigenvalue weighted by Gasteiger charge is 2.17. The Morgan fingerprint density at radius 1 is 1.67 bits per heavy atom. The van der Waals surface area contributed by atoms with Gasteiger partial charge in [0.15, 0.2) is 0 Å². The Bertz CT molecular complexity index is 323. The number of thiophene rings is 1. The first-order chi connectivity index (χ1) is 7.15. The molecule has 2 N–H and O–H groups in total. The molecule has 1 atom stereocenters. The van der Waals surface area contributed by atoms with Crippen molar-refractivity contribution in [1.29, 1.82) is 0 Å². The molecule has 2 rings (SSSR count). The molecule has 0 saturated carbocycles. The second-order valence-corrected chi connectivity index (χ2v) is 6.56. The van der Waals surface area contributed by atoms with Gasteiger partial charge in [0.05, 0.1) is 0 Å². The van der Waals surface area contributed by atoms with Crippen molar-refractivity contribution in [3.8, 4) is 0 Å². The highest BCUT2D eigenvalue weighted by molar-refractivity contribution is 9.10. The lowest BCUT2D eigenvalue weighted by molar-refractivity contribution is 0.203. The standard InChI is InChI=1S/C10H14BrClN2S/c11-9-4-8(15-10(9)12)6-14-3-1-2-7(13)5-14/h4,7H,1-3,5-6,13H2. The quantitative estimate of drug-likeness (QED) is 0.909. The number of nitrogens with zero attached hydrogens (tertiary/aromatic N) is 1. The highest BCUT2D eigenvalue weighted by Crippen LogP contribution is 2.32. The number of hydrogen-bond acceptors (Lipinski definition) is 3. The first kappa shape index (κ1) is 11.9. The van der Waals surface area contributed by atoms with Crippen molar-refractivity contribution in [1.82, 2.24) is 4.90 Å². The third-order valence-electron chi connectivity index (χ3n) is 2.62. The zero-order valence-corrected chi connectivity index (χ0v) is 11.5. The Kier molecular flexibility index (Phi) is 4.07. The largest absolute Gasteiger partial charge is 0.327 e. The van der Waals surface area contributed by atoms with E-state index in [9.17, 15) is 0 Å². The van der Waals surface area contributed by atoms with Gasteiger partial charge in [0.1, 0.15) is 4.34 Å². The van der Waals surface area contributed by atoms with Gasteiger partial charge in [-0.05, 0) is 41.4 Å².